The van der Waals surface area contributed by atoms with E-state index in [0.29, 0.717) is 33.4 Å². The zero-order valence-electron chi connectivity index (χ0n) is 28.2. The molecule has 0 aromatic heterocycles. The van der Waals surface area contributed by atoms with Gasteiger partial charge in [0.25, 0.3) is 0 Å². The summed E-state index contributed by atoms with van der Waals surface area (Å²) < 4.78 is 20.8. The van der Waals surface area contributed by atoms with Gasteiger partial charge in [0, 0.05) is 22.3 Å². The number of carbonyl (C=O) groups excluding carboxylic acids is 6. The predicted octanol–water partition coefficient (Wildman–Crippen LogP) is 6.01. The van der Waals surface area contributed by atoms with Crippen molar-refractivity contribution in [1.82, 2.24) is 0 Å². The summed E-state index contributed by atoms with van der Waals surface area (Å²) in [6, 6.07) is 30.8. The lowest BCUT2D eigenvalue weighted by atomic mass is 9.96. The van der Waals surface area contributed by atoms with Crippen LogP contribution in [0.25, 0.3) is 0 Å². The number of hydrogen-bond donors (Lipinski definition) is 0. The Labute approximate surface area is 290 Å². The summed E-state index contributed by atoms with van der Waals surface area (Å²) in [5.74, 6) is -5.01. The molecule has 10 nitrogen and oxygen atoms in total. The highest BCUT2D eigenvalue weighted by Gasteiger charge is 2.27. The monoisotopic (exact) mass is 678 g/mol. The number of carbonyl (C=O) groups is 6. The number of hydrogen-bond acceptors (Lipinski definition) is 10. The van der Waals surface area contributed by atoms with Crippen molar-refractivity contribution in [1.29, 1.82) is 0 Å². The maximum absolute atomic E-state index is 12.8. The van der Waals surface area contributed by atoms with Gasteiger partial charge in [-0.15, -0.1) is 0 Å². The first-order valence-corrected chi connectivity index (χ1v) is 16.1. The topological polar surface area (TPSA) is 139 Å². The van der Waals surface area contributed by atoms with Gasteiger partial charge in [0.15, 0.2) is 23.8 Å². The molecule has 0 aliphatic carbocycles. The molecule has 0 unspecified atom stereocenters. The third-order valence-electron chi connectivity index (χ3n) is 7.90. The summed E-state index contributed by atoms with van der Waals surface area (Å²) in [6.45, 7) is 5.25. The molecule has 4 aromatic carbocycles. The second kappa shape index (κ2) is 17.5. The van der Waals surface area contributed by atoms with Crippen molar-refractivity contribution in [2.75, 3.05) is 13.2 Å². The van der Waals surface area contributed by atoms with E-state index in [1.807, 2.05) is 12.1 Å². The number of ether oxygens (including phenoxy) is 4. The van der Waals surface area contributed by atoms with E-state index in [0.717, 1.165) is 0 Å². The first kappa shape index (κ1) is 36.9. The van der Waals surface area contributed by atoms with Crippen LogP contribution in [-0.4, -0.2) is 60.9 Å². The van der Waals surface area contributed by atoms with Crippen molar-refractivity contribution in [2.45, 2.75) is 51.7 Å². The molecule has 0 heterocycles. The molecule has 4 atom stereocenters. The van der Waals surface area contributed by atoms with E-state index in [9.17, 15) is 28.8 Å². The van der Waals surface area contributed by atoms with Gasteiger partial charge >= 0.3 is 23.9 Å². The Bertz CT molecular complexity index is 1700. The van der Waals surface area contributed by atoms with Gasteiger partial charge in [0.2, 0.25) is 0 Å². The Kier molecular flexibility index (Phi) is 12.9. The predicted molar refractivity (Wildman–Crippen MR) is 182 cm³/mol. The minimum atomic E-state index is -1.25. The molecule has 0 amide bonds. The van der Waals surface area contributed by atoms with Crippen LogP contribution < -0.4 is 0 Å². The quantitative estimate of drug-likeness (QED) is 0.0636. The van der Waals surface area contributed by atoms with E-state index < -0.39 is 47.9 Å². The first-order chi connectivity index (χ1) is 24.0. The summed E-state index contributed by atoms with van der Waals surface area (Å²) in [4.78, 5) is 76.1. The van der Waals surface area contributed by atoms with Crippen LogP contribution in [0.1, 0.15) is 82.5 Å². The van der Waals surface area contributed by atoms with Crippen LogP contribution in [-0.2, 0) is 38.1 Å². The fourth-order valence-electron chi connectivity index (χ4n) is 4.85. The minimum absolute atomic E-state index is 0.188. The van der Waals surface area contributed by atoms with Crippen LogP contribution in [0.4, 0.5) is 0 Å². The van der Waals surface area contributed by atoms with Crippen LogP contribution in [0.5, 0.6) is 0 Å². The highest BCUT2D eigenvalue weighted by atomic mass is 16.6. The summed E-state index contributed by atoms with van der Waals surface area (Å²) in [5, 5.41) is 0. The molecule has 0 saturated carbocycles. The molecule has 0 aliphatic rings. The van der Waals surface area contributed by atoms with Crippen molar-refractivity contribution in [3.63, 3.8) is 0 Å². The first-order valence-electron chi connectivity index (χ1n) is 16.1. The third kappa shape index (κ3) is 9.82. The van der Waals surface area contributed by atoms with Crippen LogP contribution in [0.15, 0.2) is 109 Å². The number of ketones is 2. The SMILES string of the molecule is C[C@H](OC(=O)[C@H](C)c1cccc(C(=O)c2ccccc2)c1)C(=O)OCCOC(=O)[C@@H](C)OC(=O)[C@@H](C)c1cccc(C(=O)c2ccccc2)c1. The van der Waals surface area contributed by atoms with Crippen molar-refractivity contribution in [3.8, 4) is 0 Å². The summed E-state index contributed by atoms with van der Waals surface area (Å²) in [7, 11) is 0. The Morgan fingerprint density at radius 2 is 0.780 bits per heavy atom. The van der Waals surface area contributed by atoms with Gasteiger partial charge in [-0.05, 0) is 51.0 Å². The highest BCUT2D eigenvalue weighted by molar-refractivity contribution is 6.09. The van der Waals surface area contributed by atoms with E-state index in [2.05, 4.69) is 0 Å². The minimum Gasteiger partial charge on any atom is -0.459 e. The molecule has 4 aromatic rings. The van der Waals surface area contributed by atoms with Crippen molar-refractivity contribution in [3.05, 3.63) is 143 Å². The molecule has 0 bridgehead atoms. The molecule has 0 saturated heterocycles. The Morgan fingerprint density at radius 3 is 1.14 bits per heavy atom. The van der Waals surface area contributed by atoms with Gasteiger partial charge in [0.05, 0.1) is 11.8 Å². The Morgan fingerprint density at radius 1 is 0.440 bits per heavy atom. The average Bonchev–Trinajstić information content (AvgIpc) is 3.15. The van der Waals surface area contributed by atoms with Gasteiger partial charge < -0.3 is 18.9 Å². The summed E-state index contributed by atoms with van der Waals surface area (Å²) in [5.41, 5.74) is 2.94. The van der Waals surface area contributed by atoms with Crippen LogP contribution in [0.3, 0.4) is 0 Å². The smallest absolute Gasteiger partial charge is 0.347 e. The van der Waals surface area contributed by atoms with Crippen molar-refractivity contribution < 1.29 is 47.7 Å². The zero-order chi connectivity index (χ0) is 36.2. The van der Waals surface area contributed by atoms with E-state index in [4.69, 9.17) is 18.9 Å². The summed E-state index contributed by atoms with van der Waals surface area (Å²) >= 11 is 0. The van der Waals surface area contributed by atoms with Crippen LogP contribution >= 0.6 is 0 Å². The van der Waals surface area contributed by atoms with Crippen LogP contribution in [0.2, 0.25) is 0 Å². The zero-order valence-corrected chi connectivity index (χ0v) is 28.2. The normalized spacial score (nSPS) is 13.1. The molecule has 0 aliphatic heterocycles. The number of esters is 4. The van der Waals surface area contributed by atoms with E-state index in [1.165, 1.54) is 13.8 Å². The van der Waals surface area contributed by atoms with E-state index >= 15 is 0 Å². The fraction of sp³-hybridized carbons (Fsp3) is 0.250. The van der Waals surface area contributed by atoms with E-state index in [1.54, 1.807) is 111 Å². The molecule has 0 spiro atoms. The summed E-state index contributed by atoms with van der Waals surface area (Å²) in [6.07, 6.45) is -2.50. The Hall–Kier alpha value is -5.90. The lowest BCUT2D eigenvalue weighted by Gasteiger charge is -2.18. The Balaban J connectivity index is 1.19. The van der Waals surface area contributed by atoms with Gasteiger partial charge in [-0.25, -0.2) is 9.59 Å². The van der Waals surface area contributed by atoms with Gasteiger partial charge in [0.1, 0.15) is 13.2 Å². The second-order valence-corrected chi connectivity index (χ2v) is 11.6. The average molecular weight is 679 g/mol. The molecule has 50 heavy (non-hydrogen) atoms. The lowest BCUT2D eigenvalue weighted by molar-refractivity contribution is -0.172. The standard InChI is InChI=1S/C40H38O10/c1-25(31-17-11-19-33(23-31)35(41)29-13-7-5-8-14-29)37(43)49-27(3)39(45)47-21-22-48-40(46)28(4)50-38(44)26(2)32-18-12-20-34(24-32)36(42)30-15-9-6-10-16-30/h5-20,23-28H,21-22H2,1-4H3/t25-,26+,27+,28-. The van der Waals surface area contributed by atoms with Gasteiger partial charge in [-0.3, -0.25) is 19.2 Å². The van der Waals surface area contributed by atoms with Gasteiger partial charge in [-0.2, -0.15) is 0 Å². The molecule has 10 heteroatoms. The maximum Gasteiger partial charge on any atom is 0.347 e. The van der Waals surface area contributed by atoms with Crippen molar-refractivity contribution >= 4 is 35.4 Å². The molecule has 258 valence electrons. The van der Waals surface area contributed by atoms with Gasteiger partial charge in [-0.1, -0.05) is 97.1 Å². The third-order valence-corrected chi connectivity index (χ3v) is 7.90. The molecular weight excluding hydrogens is 640 g/mol. The molecule has 0 fully saturated rings. The second-order valence-electron chi connectivity index (χ2n) is 11.6. The van der Waals surface area contributed by atoms with E-state index in [-0.39, 0.29) is 24.8 Å². The molecule has 0 N–H and O–H groups in total. The number of rotatable bonds is 15. The number of benzene rings is 4. The molecular formula is C40H38O10. The van der Waals surface area contributed by atoms with Crippen molar-refractivity contribution in [2.24, 2.45) is 0 Å². The fourth-order valence-corrected chi connectivity index (χ4v) is 4.85. The highest BCUT2D eigenvalue weighted by Crippen LogP contribution is 2.22. The molecule has 0 radical (unpaired) electrons. The maximum atomic E-state index is 12.8. The van der Waals surface area contributed by atoms with Crippen LogP contribution in [0, 0.1) is 0 Å². The molecule has 4 rings (SSSR count). The lowest BCUT2D eigenvalue weighted by Crippen LogP contribution is -2.31. The largest absolute Gasteiger partial charge is 0.459 e.